The molecule has 0 aliphatic carbocycles. The van der Waals surface area contributed by atoms with E-state index < -0.39 is 0 Å². The molecule has 0 atom stereocenters. The molecule has 0 aliphatic rings. The molecule has 0 spiro atoms. The van der Waals surface area contributed by atoms with E-state index in [1.165, 1.54) is 19.3 Å². The lowest BCUT2D eigenvalue weighted by Gasteiger charge is -2.34. The van der Waals surface area contributed by atoms with E-state index in [4.69, 9.17) is 0 Å². The third-order valence-corrected chi connectivity index (χ3v) is 2.52. The fraction of sp³-hybridized carbons (Fsp3) is 1.00. The van der Waals surface area contributed by atoms with Gasteiger partial charge in [0, 0.05) is 5.54 Å². The van der Waals surface area contributed by atoms with Gasteiger partial charge in [-0.3, -0.25) is 0 Å². The topological polar surface area (TPSA) is 12.0 Å². The van der Waals surface area contributed by atoms with Crippen LogP contribution in [0.25, 0.3) is 0 Å². The predicted molar refractivity (Wildman–Crippen MR) is 65.6 cm³/mol. The lowest BCUT2D eigenvalue weighted by Crippen LogP contribution is -2.44. The fourth-order valence-corrected chi connectivity index (χ4v) is 2.46. The maximum atomic E-state index is 3.71. The van der Waals surface area contributed by atoms with Crippen molar-refractivity contribution >= 4 is 0 Å². The Morgan fingerprint density at radius 3 is 1.71 bits per heavy atom. The molecule has 0 heterocycles. The molecule has 1 N–H and O–H groups in total. The van der Waals surface area contributed by atoms with E-state index in [1.807, 2.05) is 0 Å². The molecular formula is C13H29N. The van der Waals surface area contributed by atoms with Crippen LogP contribution in [-0.2, 0) is 0 Å². The van der Waals surface area contributed by atoms with Gasteiger partial charge < -0.3 is 5.32 Å². The van der Waals surface area contributed by atoms with Crippen molar-refractivity contribution in [1.29, 1.82) is 0 Å². The zero-order valence-corrected chi connectivity index (χ0v) is 11.0. The Hall–Kier alpha value is -0.0400. The van der Waals surface area contributed by atoms with Gasteiger partial charge in [0.05, 0.1) is 0 Å². The maximum absolute atomic E-state index is 3.71. The van der Waals surface area contributed by atoms with E-state index in [0.29, 0.717) is 5.54 Å². The van der Waals surface area contributed by atoms with Crippen molar-refractivity contribution in [3.8, 4) is 0 Å². The molecular weight excluding hydrogens is 170 g/mol. The summed E-state index contributed by atoms with van der Waals surface area (Å²) in [6, 6.07) is 0. The summed E-state index contributed by atoms with van der Waals surface area (Å²) in [5.41, 5.74) is 0.346. The Bertz CT molecular complexity index is 128. The van der Waals surface area contributed by atoms with Gasteiger partial charge in [-0.2, -0.15) is 0 Å². The Balaban J connectivity index is 4.17. The van der Waals surface area contributed by atoms with Gasteiger partial charge in [0.15, 0.2) is 0 Å². The Morgan fingerprint density at radius 1 is 1.00 bits per heavy atom. The zero-order chi connectivity index (χ0) is 11.2. The summed E-state index contributed by atoms with van der Waals surface area (Å²) in [5.74, 6) is 1.56. The van der Waals surface area contributed by atoms with Gasteiger partial charge in [0.2, 0.25) is 0 Å². The largest absolute Gasteiger partial charge is 0.312 e. The summed E-state index contributed by atoms with van der Waals surface area (Å²) < 4.78 is 0. The molecule has 0 saturated heterocycles. The number of rotatable bonds is 7. The Kier molecular flexibility index (Phi) is 6.43. The molecule has 0 saturated carbocycles. The van der Waals surface area contributed by atoms with Gasteiger partial charge >= 0.3 is 0 Å². The van der Waals surface area contributed by atoms with Crippen LogP contribution in [0.3, 0.4) is 0 Å². The lowest BCUT2D eigenvalue weighted by atomic mass is 9.83. The molecule has 0 amide bonds. The second-order valence-corrected chi connectivity index (χ2v) is 5.68. The minimum atomic E-state index is 0.346. The van der Waals surface area contributed by atoms with Crippen LogP contribution in [0, 0.1) is 11.8 Å². The van der Waals surface area contributed by atoms with Crippen LogP contribution < -0.4 is 5.32 Å². The summed E-state index contributed by atoms with van der Waals surface area (Å²) >= 11 is 0. The summed E-state index contributed by atoms with van der Waals surface area (Å²) in [6.07, 6.45) is 3.79. The first-order valence-corrected chi connectivity index (χ1v) is 6.14. The average molecular weight is 199 g/mol. The van der Waals surface area contributed by atoms with Crippen LogP contribution in [-0.4, -0.2) is 12.1 Å². The van der Waals surface area contributed by atoms with Gasteiger partial charge in [-0.1, -0.05) is 34.6 Å². The first kappa shape index (κ1) is 14.0. The van der Waals surface area contributed by atoms with Crippen LogP contribution in [0.5, 0.6) is 0 Å². The highest BCUT2D eigenvalue weighted by Gasteiger charge is 2.25. The molecule has 14 heavy (non-hydrogen) atoms. The van der Waals surface area contributed by atoms with Crippen molar-refractivity contribution in [1.82, 2.24) is 5.32 Å². The predicted octanol–water partition coefficient (Wildman–Crippen LogP) is 3.84. The molecule has 0 rings (SSSR count). The molecule has 86 valence electrons. The van der Waals surface area contributed by atoms with Crippen LogP contribution in [0.2, 0.25) is 0 Å². The lowest BCUT2D eigenvalue weighted by molar-refractivity contribution is 0.245. The van der Waals surface area contributed by atoms with Crippen molar-refractivity contribution in [2.45, 2.75) is 66.3 Å². The van der Waals surface area contributed by atoms with Crippen LogP contribution in [0.15, 0.2) is 0 Å². The number of nitrogens with one attached hydrogen (secondary N) is 1. The van der Waals surface area contributed by atoms with Crippen LogP contribution in [0.1, 0.15) is 60.8 Å². The highest BCUT2D eigenvalue weighted by molar-refractivity contribution is 4.84. The smallest absolute Gasteiger partial charge is 0.0158 e. The van der Waals surface area contributed by atoms with E-state index in [9.17, 15) is 0 Å². The minimum Gasteiger partial charge on any atom is -0.312 e. The monoisotopic (exact) mass is 199 g/mol. The quantitative estimate of drug-likeness (QED) is 0.657. The molecule has 0 aromatic carbocycles. The first-order valence-electron chi connectivity index (χ1n) is 6.14. The van der Waals surface area contributed by atoms with Crippen molar-refractivity contribution in [3.63, 3.8) is 0 Å². The van der Waals surface area contributed by atoms with Crippen molar-refractivity contribution in [3.05, 3.63) is 0 Å². The van der Waals surface area contributed by atoms with E-state index in [-0.39, 0.29) is 0 Å². The SMILES string of the molecule is CCCNC(C)(CC(C)C)CC(C)C. The third kappa shape index (κ3) is 6.42. The average Bonchev–Trinajstić information content (AvgIpc) is 1.97. The molecule has 0 aromatic heterocycles. The molecule has 1 nitrogen and oxygen atoms in total. The fourth-order valence-electron chi connectivity index (χ4n) is 2.46. The van der Waals surface area contributed by atoms with Gasteiger partial charge in [0.25, 0.3) is 0 Å². The normalized spacial score (nSPS) is 12.9. The van der Waals surface area contributed by atoms with E-state index in [2.05, 4.69) is 46.9 Å². The van der Waals surface area contributed by atoms with Crippen LogP contribution >= 0.6 is 0 Å². The zero-order valence-electron chi connectivity index (χ0n) is 11.0. The maximum Gasteiger partial charge on any atom is 0.0158 e. The standard InChI is InChI=1S/C13H29N/c1-7-8-14-13(6,9-11(2)3)10-12(4)5/h11-12,14H,7-10H2,1-6H3. The number of hydrogen-bond donors (Lipinski definition) is 1. The van der Waals surface area contributed by atoms with Gasteiger partial charge in [0.1, 0.15) is 0 Å². The molecule has 0 unspecified atom stereocenters. The van der Waals surface area contributed by atoms with E-state index >= 15 is 0 Å². The first-order chi connectivity index (χ1) is 6.39. The second-order valence-electron chi connectivity index (χ2n) is 5.68. The summed E-state index contributed by atoms with van der Waals surface area (Å²) in [5, 5.41) is 3.71. The van der Waals surface area contributed by atoms with E-state index in [0.717, 1.165) is 18.4 Å². The highest BCUT2D eigenvalue weighted by Crippen LogP contribution is 2.24. The molecule has 0 bridgehead atoms. The third-order valence-electron chi connectivity index (χ3n) is 2.52. The Morgan fingerprint density at radius 2 is 1.43 bits per heavy atom. The summed E-state index contributed by atoms with van der Waals surface area (Å²) in [4.78, 5) is 0. The number of hydrogen-bond acceptors (Lipinski definition) is 1. The highest BCUT2D eigenvalue weighted by atomic mass is 15.0. The van der Waals surface area contributed by atoms with Gasteiger partial charge in [-0.05, 0) is 44.6 Å². The van der Waals surface area contributed by atoms with Crippen molar-refractivity contribution in [2.75, 3.05) is 6.54 Å². The molecule has 0 aliphatic heterocycles. The molecule has 0 radical (unpaired) electrons. The molecule has 0 fully saturated rings. The van der Waals surface area contributed by atoms with Gasteiger partial charge in [-0.25, -0.2) is 0 Å². The van der Waals surface area contributed by atoms with Crippen molar-refractivity contribution in [2.24, 2.45) is 11.8 Å². The minimum absolute atomic E-state index is 0.346. The van der Waals surface area contributed by atoms with E-state index in [1.54, 1.807) is 0 Å². The summed E-state index contributed by atoms with van der Waals surface area (Å²) in [6.45, 7) is 15.0. The van der Waals surface area contributed by atoms with Gasteiger partial charge in [-0.15, -0.1) is 0 Å². The van der Waals surface area contributed by atoms with Crippen molar-refractivity contribution < 1.29 is 0 Å². The summed E-state index contributed by atoms with van der Waals surface area (Å²) in [7, 11) is 0. The van der Waals surface area contributed by atoms with Crippen LogP contribution in [0.4, 0.5) is 0 Å². The molecule has 0 aromatic rings. The molecule has 1 heteroatoms. The Labute approximate surface area is 90.7 Å². The second kappa shape index (κ2) is 6.44.